The van der Waals surface area contributed by atoms with Crippen molar-refractivity contribution in [2.75, 3.05) is 5.75 Å². The third-order valence-electron chi connectivity index (χ3n) is 2.90. The predicted octanol–water partition coefficient (Wildman–Crippen LogP) is 1.84. The van der Waals surface area contributed by atoms with Crippen molar-refractivity contribution in [2.45, 2.75) is 12.2 Å². The Morgan fingerprint density at radius 1 is 0.895 bits per heavy atom. The molecule has 2 nitrogen and oxygen atoms in total. The maximum atomic E-state index is 9.12. The Bertz CT molecular complexity index is 503. The van der Waals surface area contributed by atoms with Crippen molar-refractivity contribution >= 4 is 24.3 Å². The molecule has 0 aliphatic heterocycles. The lowest BCUT2D eigenvalue weighted by Gasteiger charge is -2.05. The van der Waals surface area contributed by atoms with Crippen LogP contribution in [0.2, 0.25) is 0 Å². The number of thioether (sulfide) groups is 1. The van der Waals surface area contributed by atoms with Gasteiger partial charge in [0.2, 0.25) is 0 Å². The average Bonchev–Trinajstić information content (AvgIpc) is 2.45. The van der Waals surface area contributed by atoms with Gasteiger partial charge in [-0.1, -0.05) is 54.6 Å². The highest BCUT2D eigenvalue weighted by molar-refractivity contribution is 7.98. The molecule has 0 aliphatic rings. The SMILES string of the molecule is OB(O)c1cccc(CSCCc2ccccc2)c1. The summed E-state index contributed by atoms with van der Waals surface area (Å²) in [5.41, 5.74) is 3.04. The van der Waals surface area contributed by atoms with E-state index in [0.29, 0.717) is 5.46 Å². The summed E-state index contributed by atoms with van der Waals surface area (Å²) < 4.78 is 0. The summed E-state index contributed by atoms with van der Waals surface area (Å²) in [7, 11) is -1.38. The average molecular weight is 272 g/mol. The Balaban J connectivity index is 1.78. The van der Waals surface area contributed by atoms with Crippen LogP contribution in [-0.2, 0) is 12.2 Å². The minimum atomic E-state index is -1.38. The first-order chi connectivity index (χ1) is 9.25. The van der Waals surface area contributed by atoms with Crippen molar-refractivity contribution < 1.29 is 10.0 Å². The van der Waals surface area contributed by atoms with Gasteiger partial charge in [0.15, 0.2) is 0 Å². The second kappa shape index (κ2) is 7.39. The van der Waals surface area contributed by atoms with E-state index in [1.54, 1.807) is 6.07 Å². The minimum absolute atomic E-state index is 0.557. The topological polar surface area (TPSA) is 40.5 Å². The molecule has 0 radical (unpaired) electrons. The zero-order valence-electron chi connectivity index (χ0n) is 10.7. The Morgan fingerprint density at radius 2 is 1.63 bits per heavy atom. The smallest absolute Gasteiger partial charge is 0.423 e. The van der Waals surface area contributed by atoms with Crippen molar-refractivity contribution in [2.24, 2.45) is 0 Å². The van der Waals surface area contributed by atoms with Crippen LogP contribution in [0.4, 0.5) is 0 Å². The third-order valence-corrected chi connectivity index (χ3v) is 3.93. The highest BCUT2D eigenvalue weighted by Gasteiger charge is 2.10. The lowest BCUT2D eigenvalue weighted by Crippen LogP contribution is -2.29. The first kappa shape index (κ1) is 14.2. The van der Waals surface area contributed by atoms with Gasteiger partial charge in [-0.2, -0.15) is 11.8 Å². The van der Waals surface area contributed by atoms with E-state index in [2.05, 4.69) is 24.3 Å². The Labute approximate surface area is 118 Å². The molecular formula is C15H17BO2S. The molecule has 0 aromatic heterocycles. The minimum Gasteiger partial charge on any atom is -0.423 e. The molecule has 0 heterocycles. The summed E-state index contributed by atoms with van der Waals surface area (Å²) in [6.07, 6.45) is 1.06. The summed E-state index contributed by atoms with van der Waals surface area (Å²) in [5, 5.41) is 18.2. The largest absolute Gasteiger partial charge is 0.488 e. The summed E-state index contributed by atoms with van der Waals surface area (Å²) in [6.45, 7) is 0. The van der Waals surface area contributed by atoms with Gasteiger partial charge in [-0.3, -0.25) is 0 Å². The van der Waals surface area contributed by atoms with Crippen molar-refractivity contribution in [3.8, 4) is 0 Å². The molecule has 0 bridgehead atoms. The molecule has 2 aromatic carbocycles. The van der Waals surface area contributed by atoms with Crippen molar-refractivity contribution in [1.82, 2.24) is 0 Å². The molecule has 2 aromatic rings. The van der Waals surface area contributed by atoms with Gasteiger partial charge in [0.1, 0.15) is 0 Å². The molecule has 0 fully saturated rings. The Kier molecular flexibility index (Phi) is 5.52. The fourth-order valence-corrected chi connectivity index (χ4v) is 2.81. The molecule has 19 heavy (non-hydrogen) atoms. The van der Waals surface area contributed by atoms with E-state index in [-0.39, 0.29) is 0 Å². The van der Waals surface area contributed by atoms with Gasteiger partial charge in [0.25, 0.3) is 0 Å². The molecule has 0 saturated carbocycles. The van der Waals surface area contributed by atoms with Crippen molar-refractivity contribution in [3.05, 3.63) is 65.7 Å². The monoisotopic (exact) mass is 272 g/mol. The standard InChI is InChI=1S/C15H17BO2S/c17-16(18)15-8-4-7-14(11-15)12-19-10-9-13-5-2-1-3-6-13/h1-8,11,17-18H,9-10,12H2. The van der Waals surface area contributed by atoms with Crippen LogP contribution in [-0.4, -0.2) is 22.9 Å². The van der Waals surface area contributed by atoms with Crippen LogP contribution < -0.4 is 5.46 Å². The molecule has 2 rings (SSSR count). The molecule has 0 saturated heterocycles. The quantitative estimate of drug-likeness (QED) is 0.622. The van der Waals surface area contributed by atoms with Gasteiger partial charge in [-0.25, -0.2) is 0 Å². The molecule has 0 amide bonds. The van der Waals surface area contributed by atoms with E-state index in [1.165, 1.54) is 5.56 Å². The van der Waals surface area contributed by atoms with Crippen molar-refractivity contribution in [1.29, 1.82) is 0 Å². The first-order valence-electron chi connectivity index (χ1n) is 6.32. The van der Waals surface area contributed by atoms with E-state index in [1.807, 2.05) is 36.0 Å². The molecular weight excluding hydrogens is 255 g/mol. The van der Waals surface area contributed by atoms with Gasteiger partial charge in [-0.05, 0) is 28.8 Å². The van der Waals surface area contributed by atoms with E-state index in [4.69, 9.17) is 10.0 Å². The molecule has 0 spiro atoms. The molecule has 0 atom stereocenters. The zero-order chi connectivity index (χ0) is 13.5. The van der Waals surface area contributed by atoms with Gasteiger partial charge in [0.05, 0.1) is 0 Å². The number of benzene rings is 2. The van der Waals surface area contributed by atoms with Gasteiger partial charge < -0.3 is 10.0 Å². The van der Waals surface area contributed by atoms with Gasteiger partial charge in [0, 0.05) is 5.75 Å². The highest BCUT2D eigenvalue weighted by Crippen LogP contribution is 2.13. The fraction of sp³-hybridized carbons (Fsp3) is 0.200. The van der Waals surface area contributed by atoms with Crippen LogP contribution in [0.3, 0.4) is 0 Å². The van der Waals surface area contributed by atoms with Crippen LogP contribution >= 0.6 is 11.8 Å². The maximum Gasteiger partial charge on any atom is 0.488 e. The van der Waals surface area contributed by atoms with Crippen LogP contribution in [0.5, 0.6) is 0 Å². The first-order valence-corrected chi connectivity index (χ1v) is 7.48. The molecule has 98 valence electrons. The van der Waals surface area contributed by atoms with Crippen LogP contribution in [0.15, 0.2) is 54.6 Å². The number of hydrogen-bond acceptors (Lipinski definition) is 3. The molecule has 2 N–H and O–H groups in total. The third kappa shape index (κ3) is 4.75. The number of rotatable bonds is 6. The highest BCUT2D eigenvalue weighted by atomic mass is 32.2. The second-order valence-electron chi connectivity index (χ2n) is 4.41. The predicted molar refractivity (Wildman–Crippen MR) is 82.6 cm³/mol. The number of aryl methyl sites for hydroxylation is 1. The summed E-state index contributed by atoms with van der Waals surface area (Å²) in [5.74, 6) is 1.96. The van der Waals surface area contributed by atoms with E-state index < -0.39 is 7.12 Å². The molecule has 0 aliphatic carbocycles. The zero-order valence-corrected chi connectivity index (χ0v) is 11.5. The Morgan fingerprint density at radius 3 is 2.37 bits per heavy atom. The Hall–Kier alpha value is -1.23. The second-order valence-corrected chi connectivity index (χ2v) is 5.51. The molecule has 0 unspecified atom stereocenters. The lowest BCUT2D eigenvalue weighted by atomic mass is 9.80. The van der Waals surface area contributed by atoms with Crippen molar-refractivity contribution in [3.63, 3.8) is 0 Å². The maximum absolute atomic E-state index is 9.12. The summed E-state index contributed by atoms with van der Waals surface area (Å²) in [6, 6.07) is 17.9. The van der Waals surface area contributed by atoms with E-state index in [9.17, 15) is 0 Å². The molecule has 4 heteroatoms. The van der Waals surface area contributed by atoms with Crippen LogP contribution in [0, 0.1) is 0 Å². The lowest BCUT2D eigenvalue weighted by molar-refractivity contribution is 0.425. The summed E-state index contributed by atoms with van der Waals surface area (Å²) >= 11 is 1.86. The van der Waals surface area contributed by atoms with Crippen LogP contribution in [0.1, 0.15) is 11.1 Å². The normalized spacial score (nSPS) is 10.4. The van der Waals surface area contributed by atoms with E-state index >= 15 is 0 Å². The van der Waals surface area contributed by atoms with Gasteiger partial charge >= 0.3 is 7.12 Å². The summed E-state index contributed by atoms with van der Waals surface area (Å²) in [4.78, 5) is 0. The van der Waals surface area contributed by atoms with E-state index in [0.717, 1.165) is 23.5 Å². The fourth-order valence-electron chi connectivity index (χ4n) is 1.87. The number of hydrogen-bond donors (Lipinski definition) is 2. The van der Waals surface area contributed by atoms with Gasteiger partial charge in [-0.15, -0.1) is 0 Å². The van der Waals surface area contributed by atoms with Crippen LogP contribution in [0.25, 0.3) is 0 Å².